The number of nitrogens with one attached hydrogen (secondary N) is 1. The SMILES string of the molecule is O=C(O)C[C@H](NC(=O)c1sccc1-n1cccc1)C(=O)O. The van der Waals surface area contributed by atoms with Crippen molar-refractivity contribution < 1.29 is 24.6 Å². The van der Waals surface area contributed by atoms with Gasteiger partial charge < -0.3 is 20.1 Å². The van der Waals surface area contributed by atoms with Gasteiger partial charge in [0, 0.05) is 12.4 Å². The van der Waals surface area contributed by atoms with Gasteiger partial charge in [-0.25, -0.2) is 4.79 Å². The molecule has 2 rings (SSSR count). The summed E-state index contributed by atoms with van der Waals surface area (Å²) in [6.07, 6.45) is 2.83. The summed E-state index contributed by atoms with van der Waals surface area (Å²) in [5.41, 5.74) is 0.613. The van der Waals surface area contributed by atoms with E-state index in [1.54, 1.807) is 40.5 Å². The summed E-state index contributed by atoms with van der Waals surface area (Å²) in [6, 6.07) is 3.86. The van der Waals surface area contributed by atoms with Crippen LogP contribution in [0.5, 0.6) is 0 Å². The van der Waals surface area contributed by atoms with Crippen LogP contribution in [0, 0.1) is 0 Å². The molecule has 8 heteroatoms. The first-order chi connectivity index (χ1) is 9.99. The van der Waals surface area contributed by atoms with Gasteiger partial charge in [0.2, 0.25) is 0 Å². The van der Waals surface area contributed by atoms with Gasteiger partial charge in [0.15, 0.2) is 0 Å². The maximum atomic E-state index is 12.1. The largest absolute Gasteiger partial charge is 0.481 e. The molecule has 0 spiro atoms. The first-order valence-corrected chi connectivity index (χ1v) is 6.83. The molecule has 110 valence electrons. The molecule has 0 fully saturated rings. The lowest BCUT2D eigenvalue weighted by Crippen LogP contribution is -2.42. The van der Waals surface area contributed by atoms with Crippen molar-refractivity contribution >= 4 is 29.2 Å². The van der Waals surface area contributed by atoms with Crippen molar-refractivity contribution in [3.63, 3.8) is 0 Å². The predicted molar refractivity (Wildman–Crippen MR) is 74.8 cm³/mol. The Morgan fingerprint density at radius 2 is 1.90 bits per heavy atom. The summed E-state index contributed by atoms with van der Waals surface area (Å²) in [5, 5.41) is 21.5. The first-order valence-electron chi connectivity index (χ1n) is 5.95. The van der Waals surface area contributed by atoms with Crippen LogP contribution in [0.2, 0.25) is 0 Å². The number of thiophene rings is 1. The van der Waals surface area contributed by atoms with E-state index >= 15 is 0 Å². The molecule has 0 aliphatic carbocycles. The number of hydrogen-bond acceptors (Lipinski definition) is 4. The number of carboxylic acids is 2. The Morgan fingerprint density at radius 1 is 1.24 bits per heavy atom. The van der Waals surface area contributed by atoms with E-state index in [-0.39, 0.29) is 0 Å². The van der Waals surface area contributed by atoms with Crippen LogP contribution in [-0.4, -0.2) is 38.7 Å². The molecule has 0 bridgehead atoms. The summed E-state index contributed by atoms with van der Waals surface area (Å²) >= 11 is 1.16. The molecule has 0 saturated carbocycles. The van der Waals surface area contributed by atoms with Gasteiger partial charge >= 0.3 is 11.9 Å². The number of aromatic nitrogens is 1. The zero-order chi connectivity index (χ0) is 15.4. The van der Waals surface area contributed by atoms with Gasteiger partial charge in [-0.15, -0.1) is 11.3 Å². The van der Waals surface area contributed by atoms with E-state index in [1.807, 2.05) is 0 Å². The number of rotatable bonds is 6. The Labute approximate surface area is 123 Å². The quantitative estimate of drug-likeness (QED) is 0.743. The Bertz CT molecular complexity index is 662. The molecule has 0 radical (unpaired) electrons. The van der Waals surface area contributed by atoms with E-state index < -0.39 is 30.3 Å². The topological polar surface area (TPSA) is 109 Å². The Morgan fingerprint density at radius 3 is 2.48 bits per heavy atom. The maximum absolute atomic E-state index is 12.1. The summed E-state index contributed by atoms with van der Waals surface area (Å²) in [4.78, 5) is 34.1. The van der Waals surface area contributed by atoms with Crippen LogP contribution in [0.15, 0.2) is 36.0 Å². The first kappa shape index (κ1) is 14.8. The number of amides is 1. The molecule has 0 aliphatic rings. The minimum Gasteiger partial charge on any atom is -0.481 e. The molecule has 1 atom stereocenters. The number of hydrogen-bond donors (Lipinski definition) is 3. The van der Waals surface area contributed by atoms with Gasteiger partial charge in [-0.1, -0.05) is 0 Å². The van der Waals surface area contributed by atoms with Crippen LogP contribution >= 0.6 is 11.3 Å². The van der Waals surface area contributed by atoms with E-state index in [0.29, 0.717) is 10.6 Å². The van der Waals surface area contributed by atoms with E-state index in [1.165, 1.54) is 0 Å². The van der Waals surface area contributed by atoms with E-state index in [9.17, 15) is 14.4 Å². The molecule has 0 saturated heterocycles. The molecular weight excluding hydrogens is 296 g/mol. The molecular formula is C13H12N2O5S. The van der Waals surface area contributed by atoms with Crippen LogP contribution in [0.1, 0.15) is 16.1 Å². The molecule has 0 aromatic carbocycles. The molecule has 3 N–H and O–H groups in total. The fraction of sp³-hybridized carbons (Fsp3) is 0.154. The second kappa shape index (κ2) is 6.23. The molecule has 2 heterocycles. The van der Waals surface area contributed by atoms with Crippen LogP contribution in [0.25, 0.3) is 5.69 Å². The summed E-state index contributed by atoms with van der Waals surface area (Å²) in [7, 11) is 0. The zero-order valence-electron chi connectivity index (χ0n) is 10.7. The Kier molecular flexibility index (Phi) is 4.39. The van der Waals surface area contributed by atoms with Crippen molar-refractivity contribution in [2.24, 2.45) is 0 Å². The number of carbonyl (C=O) groups excluding carboxylic acids is 1. The highest BCUT2D eigenvalue weighted by molar-refractivity contribution is 7.12. The van der Waals surface area contributed by atoms with Gasteiger partial charge in [0.05, 0.1) is 12.1 Å². The number of carbonyl (C=O) groups is 3. The smallest absolute Gasteiger partial charge is 0.326 e. The standard InChI is InChI=1S/C13H12N2O5S/c16-10(17)7-8(13(19)20)14-12(18)11-9(3-6-21-11)15-4-1-2-5-15/h1-6,8H,7H2,(H,14,18)(H,16,17)(H,19,20)/t8-/m0/s1. The Hall–Kier alpha value is -2.61. The molecule has 1 amide bonds. The molecule has 2 aromatic heterocycles. The number of aliphatic carboxylic acids is 2. The number of nitrogens with zero attached hydrogens (tertiary/aromatic N) is 1. The van der Waals surface area contributed by atoms with Crippen LogP contribution in [0.4, 0.5) is 0 Å². The highest BCUT2D eigenvalue weighted by atomic mass is 32.1. The summed E-state index contributed by atoms with van der Waals surface area (Å²) < 4.78 is 1.72. The van der Waals surface area contributed by atoms with Gasteiger partial charge in [-0.2, -0.15) is 0 Å². The third kappa shape index (κ3) is 3.48. The van der Waals surface area contributed by atoms with E-state index in [4.69, 9.17) is 10.2 Å². The molecule has 21 heavy (non-hydrogen) atoms. The Balaban J connectivity index is 2.19. The van der Waals surface area contributed by atoms with Crippen LogP contribution in [-0.2, 0) is 9.59 Å². The van der Waals surface area contributed by atoms with Crippen molar-refractivity contribution in [2.75, 3.05) is 0 Å². The second-order valence-corrected chi connectivity index (χ2v) is 5.10. The van der Waals surface area contributed by atoms with Crippen LogP contribution in [0.3, 0.4) is 0 Å². The minimum absolute atomic E-state index is 0.322. The average Bonchev–Trinajstić information content (AvgIpc) is 3.07. The van der Waals surface area contributed by atoms with Gasteiger partial charge in [0.1, 0.15) is 10.9 Å². The molecule has 7 nitrogen and oxygen atoms in total. The van der Waals surface area contributed by atoms with Crippen LogP contribution < -0.4 is 5.32 Å². The average molecular weight is 308 g/mol. The lowest BCUT2D eigenvalue weighted by atomic mass is 10.2. The van der Waals surface area contributed by atoms with Crippen molar-refractivity contribution in [3.05, 3.63) is 40.8 Å². The highest BCUT2D eigenvalue weighted by Gasteiger charge is 2.25. The fourth-order valence-electron chi connectivity index (χ4n) is 1.77. The predicted octanol–water partition coefficient (Wildman–Crippen LogP) is 1.20. The summed E-state index contributed by atoms with van der Waals surface area (Å²) in [6.45, 7) is 0. The van der Waals surface area contributed by atoms with Gasteiger partial charge in [0.25, 0.3) is 5.91 Å². The van der Waals surface area contributed by atoms with E-state index in [0.717, 1.165) is 11.3 Å². The second-order valence-electron chi connectivity index (χ2n) is 4.19. The highest BCUT2D eigenvalue weighted by Crippen LogP contribution is 2.21. The van der Waals surface area contributed by atoms with Crippen molar-refractivity contribution in [2.45, 2.75) is 12.5 Å². The third-order valence-corrected chi connectivity index (χ3v) is 3.62. The molecule has 2 aromatic rings. The fourth-order valence-corrected chi connectivity index (χ4v) is 2.56. The minimum atomic E-state index is -1.46. The number of carboxylic acid groups (broad SMARTS) is 2. The van der Waals surface area contributed by atoms with Crippen molar-refractivity contribution in [1.82, 2.24) is 9.88 Å². The maximum Gasteiger partial charge on any atom is 0.326 e. The zero-order valence-corrected chi connectivity index (χ0v) is 11.5. The van der Waals surface area contributed by atoms with Crippen molar-refractivity contribution in [1.29, 1.82) is 0 Å². The normalized spacial score (nSPS) is 11.8. The van der Waals surface area contributed by atoms with Gasteiger partial charge in [-0.3, -0.25) is 9.59 Å². The molecule has 0 aliphatic heterocycles. The molecule has 0 unspecified atom stereocenters. The van der Waals surface area contributed by atoms with Crippen molar-refractivity contribution in [3.8, 4) is 5.69 Å². The third-order valence-electron chi connectivity index (χ3n) is 2.72. The lowest BCUT2D eigenvalue weighted by Gasteiger charge is -2.12. The van der Waals surface area contributed by atoms with E-state index in [2.05, 4.69) is 5.32 Å². The lowest BCUT2D eigenvalue weighted by molar-refractivity contribution is -0.145. The monoisotopic (exact) mass is 308 g/mol. The van der Waals surface area contributed by atoms with Gasteiger partial charge in [-0.05, 0) is 23.6 Å². The summed E-state index contributed by atoms with van der Waals surface area (Å²) in [5.74, 6) is -3.29.